The Kier molecular flexibility index (Phi) is 5.10. The largest absolute Gasteiger partial charge is 0.386 e. The van der Waals surface area contributed by atoms with Gasteiger partial charge in [-0.05, 0) is 18.9 Å². The Bertz CT molecular complexity index is 940. The first-order valence-corrected chi connectivity index (χ1v) is 8.94. The van der Waals surface area contributed by atoms with Gasteiger partial charge in [-0.3, -0.25) is 4.79 Å². The summed E-state index contributed by atoms with van der Waals surface area (Å²) in [7, 11) is 0. The van der Waals surface area contributed by atoms with Gasteiger partial charge < -0.3 is 10.4 Å². The third-order valence-corrected chi connectivity index (χ3v) is 4.85. The topological polar surface area (TPSA) is 79.5 Å². The second-order valence-corrected chi connectivity index (χ2v) is 6.62. The number of halogens is 1. The van der Waals surface area contributed by atoms with Crippen molar-refractivity contribution in [2.75, 3.05) is 5.32 Å². The molecule has 2 heterocycles. The van der Waals surface area contributed by atoms with Gasteiger partial charge in [-0.15, -0.1) is 5.10 Å². The van der Waals surface area contributed by atoms with Crippen molar-refractivity contribution in [1.82, 2.24) is 14.6 Å². The zero-order valence-corrected chi connectivity index (χ0v) is 14.8. The lowest BCUT2D eigenvalue weighted by Gasteiger charge is -2.23. The fourth-order valence-corrected chi connectivity index (χ4v) is 3.48. The molecular weight excluding hydrogens is 343 g/mol. The summed E-state index contributed by atoms with van der Waals surface area (Å²) in [5, 5.41) is 18.3. The Morgan fingerprint density at radius 2 is 2.12 bits per heavy atom. The van der Waals surface area contributed by atoms with Crippen molar-refractivity contribution in [1.29, 1.82) is 0 Å². The fourth-order valence-electron chi connectivity index (χ4n) is 2.59. The molecule has 2 aromatic heterocycles. The zero-order valence-electron chi connectivity index (χ0n) is 13.9. The summed E-state index contributed by atoms with van der Waals surface area (Å²) in [4.78, 5) is 16.9. The summed E-state index contributed by atoms with van der Waals surface area (Å²) in [5.41, 5.74) is 0.694. The Hall–Kier alpha value is -2.32. The van der Waals surface area contributed by atoms with E-state index in [-0.39, 0.29) is 11.1 Å². The quantitative estimate of drug-likeness (QED) is 0.705. The van der Waals surface area contributed by atoms with Crippen molar-refractivity contribution in [2.24, 2.45) is 0 Å². The van der Waals surface area contributed by atoms with Crippen LogP contribution < -0.4 is 10.9 Å². The van der Waals surface area contributed by atoms with Crippen LogP contribution in [-0.2, 0) is 6.42 Å². The average molecular weight is 362 g/mol. The van der Waals surface area contributed by atoms with Gasteiger partial charge in [0.05, 0.1) is 6.04 Å². The Balaban J connectivity index is 1.89. The van der Waals surface area contributed by atoms with Gasteiger partial charge in [-0.25, -0.2) is 9.37 Å². The van der Waals surface area contributed by atoms with Crippen LogP contribution in [0.3, 0.4) is 0 Å². The molecule has 3 aromatic rings. The lowest BCUT2D eigenvalue weighted by molar-refractivity contribution is 0.148. The van der Waals surface area contributed by atoms with Crippen molar-refractivity contribution >= 4 is 21.4 Å². The third-order valence-electron chi connectivity index (χ3n) is 4.01. The van der Waals surface area contributed by atoms with Crippen LogP contribution in [0.4, 0.5) is 9.52 Å². The number of rotatable bonds is 6. The van der Waals surface area contributed by atoms with Crippen molar-refractivity contribution < 1.29 is 9.50 Å². The molecule has 0 aliphatic heterocycles. The number of nitrogens with one attached hydrogen (secondary N) is 1. The highest BCUT2D eigenvalue weighted by molar-refractivity contribution is 7.20. The summed E-state index contributed by atoms with van der Waals surface area (Å²) in [6.07, 6.45) is 0.179. The van der Waals surface area contributed by atoms with Crippen LogP contribution >= 0.6 is 11.3 Å². The molecule has 0 saturated carbocycles. The molecule has 0 saturated heterocycles. The first-order valence-electron chi connectivity index (χ1n) is 8.12. The second kappa shape index (κ2) is 7.28. The van der Waals surface area contributed by atoms with E-state index < -0.39 is 18.0 Å². The predicted octanol–water partition coefficient (Wildman–Crippen LogP) is 2.78. The van der Waals surface area contributed by atoms with E-state index in [4.69, 9.17) is 0 Å². The van der Waals surface area contributed by atoms with Crippen molar-refractivity contribution in [3.8, 4) is 0 Å². The molecule has 25 heavy (non-hydrogen) atoms. The lowest BCUT2D eigenvalue weighted by atomic mass is 10.00. The zero-order chi connectivity index (χ0) is 18.0. The number of benzene rings is 1. The first-order chi connectivity index (χ1) is 12.0. The third kappa shape index (κ3) is 3.54. The maximum Gasteiger partial charge on any atom is 0.275 e. The summed E-state index contributed by atoms with van der Waals surface area (Å²) in [5.74, 6) is -0.454. The minimum atomic E-state index is -1.03. The van der Waals surface area contributed by atoms with Crippen LogP contribution in [-0.4, -0.2) is 25.7 Å². The van der Waals surface area contributed by atoms with Gasteiger partial charge >= 0.3 is 0 Å². The minimum Gasteiger partial charge on any atom is -0.386 e. The highest BCUT2D eigenvalue weighted by atomic mass is 32.1. The number of hydrogen-bond acceptors (Lipinski definition) is 6. The molecule has 2 N–H and O–H groups in total. The van der Waals surface area contributed by atoms with Crippen LogP contribution in [0, 0.1) is 5.82 Å². The standard InChI is InChI=1S/C17H19FN4O2S/c1-3-10-9-14(23)22-17(19-10)25-16(21-22)20-13(4-2)15(24)11-7-5-6-8-12(11)18/h5-9,13,15,24H,3-4H2,1-2H3,(H,20,21)/t13-,15-/m0/s1. The van der Waals surface area contributed by atoms with Crippen LogP contribution in [0.25, 0.3) is 4.96 Å². The highest BCUT2D eigenvalue weighted by Gasteiger charge is 2.23. The lowest BCUT2D eigenvalue weighted by Crippen LogP contribution is -2.27. The van der Waals surface area contributed by atoms with Gasteiger partial charge in [0.15, 0.2) is 0 Å². The van der Waals surface area contributed by atoms with Crippen LogP contribution in [0.5, 0.6) is 0 Å². The molecule has 0 spiro atoms. The number of fused-ring (bicyclic) bond motifs is 1. The molecule has 0 radical (unpaired) electrons. The highest BCUT2D eigenvalue weighted by Crippen LogP contribution is 2.26. The number of hydrogen-bond donors (Lipinski definition) is 2. The van der Waals surface area contributed by atoms with Crippen LogP contribution in [0.15, 0.2) is 35.1 Å². The number of aryl methyl sites for hydroxylation is 1. The molecular formula is C17H19FN4O2S. The van der Waals surface area contributed by atoms with Crippen LogP contribution in [0.1, 0.15) is 37.6 Å². The summed E-state index contributed by atoms with van der Waals surface area (Å²) < 4.78 is 15.2. The Morgan fingerprint density at radius 1 is 1.36 bits per heavy atom. The molecule has 1 aromatic carbocycles. The fraction of sp³-hybridized carbons (Fsp3) is 0.353. The number of aliphatic hydroxyl groups is 1. The average Bonchev–Trinajstić information content (AvgIpc) is 3.02. The molecule has 132 valence electrons. The van der Waals surface area contributed by atoms with E-state index in [2.05, 4.69) is 15.4 Å². The maximum atomic E-state index is 13.9. The van der Waals surface area contributed by atoms with E-state index in [1.807, 2.05) is 13.8 Å². The smallest absolute Gasteiger partial charge is 0.275 e. The van der Waals surface area contributed by atoms with E-state index in [0.717, 1.165) is 0 Å². The summed E-state index contributed by atoms with van der Waals surface area (Å²) in [6.45, 7) is 3.81. The molecule has 6 nitrogen and oxygen atoms in total. The molecule has 0 unspecified atom stereocenters. The van der Waals surface area contributed by atoms with E-state index in [1.54, 1.807) is 18.2 Å². The predicted molar refractivity (Wildman–Crippen MR) is 95.6 cm³/mol. The van der Waals surface area contributed by atoms with E-state index in [1.165, 1.54) is 28.0 Å². The molecule has 2 atom stereocenters. The molecule has 0 amide bonds. The van der Waals surface area contributed by atoms with Crippen molar-refractivity contribution in [2.45, 2.75) is 38.8 Å². The van der Waals surface area contributed by atoms with E-state index >= 15 is 0 Å². The number of anilines is 1. The monoisotopic (exact) mass is 362 g/mol. The molecule has 0 bridgehead atoms. The normalized spacial score (nSPS) is 13.8. The van der Waals surface area contributed by atoms with Crippen molar-refractivity contribution in [3.05, 3.63) is 57.8 Å². The maximum absolute atomic E-state index is 13.9. The van der Waals surface area contributed by atoms with Gasteiger partial charge in [-0.1, -0.05) is 43.4 Å². The number of aromatic nitrogens is 3. The van der Waals surface area contributed by atoms with Gasteiger partial charge in [0, 0.05) is 17.3 Å². The number of nitrogens with zero attached hydrogens (tertiary/aromatic N) is 3. The minimum absolute atomic E-state index is 0.228. The Morgan fingerprint density at radius 3 is 2.80 bits per heavy atom. The molecule has 8 heteroatoms. The van der Waals surface area contributed by atoms with E-state index in [0.29, 0.717) is 28.6 Å². The SMILES string of the molecule is CCc1cc(=O)n2nc(N[C@@H](CC)[C@@H](O)c3ccccc3F)sc2n1. The van der Waals surface area contributed by atoms with Crippen molar-refractivity contribution in [3.63, 3.8) is 0 Å². The van der Waals surface area contributed by atoms with E-state index in [9.17, 15) is 14.3 Å². The van der Waals surface area contributed by atoms with Gasteiger partial charge in [0.1, 0.15) is 11.9 Å². The molecule has 0 aliphatic rings. The van der Waals surface area contributed by atoms with Crippen LogP contribution in [0.2, 0.25) is 0 Å². The van der Waals surface area contributed by atoms with Gasteiger partial charge in [0.25, 0.3) is 5.56 Å². The second-order valence-electron chi connectivity index (χ2n) is 5.67. The summed E-state index contributed by atoms with van der Waals surface area (Å²) in [6, 6.07) is 7.15. The molecule has 3 rings (SSSR count). The number of aliphatic hydroxyl groups excluding tert-OH is 1. The van der Waals surface area contributed by atoms with Gasteiger partial charge in [0.2, 0.25) is 10.1 Å². The Labute approximate surface area is 148 Å². The molecule has 0 fully saturated rings. The first kappa shape index (κ1) is 17.5. The summed E-state index contributed by atoms with van der Waals surface area (Å²) >= 11 is 1.23. The van der Waals surface area contributed by atoms with Gasteiger partial charge in [-0.2, -0.15) is 4.52 Å². The molecule has 0 aliphatic carbocycles.